The maximum atomic E-state index is 5.91. The normalized spacial score (nSPS) is 21.4. The second-order valence-electron chi connectivity index (χ2n) is 7.90. The largest absolute Gasteiger partial charge is 0.373 e. The molecule has 0 spiro atoms. The maximum Gasteiger partial charge on any atom is 0.159 e. The molecule has 4 rings (SSSR count). The van der Waals surface area contributed by atoms with Gasteiger partial charge in [-0.2, -0.15) is 5.10 Å². The molecule has 7 nitrogen and oxygen atoms in total. The lowest BCUT2D eigenvalue weighted by molar-refractivity contribution is 0.0542. The van der Waals surface area contributed by atoms with Crippen LogP contribution in [0.1, 0.15) is 49.1 Å². The fourth-order valence-electron chi connectivity index (χ4n) is 3.86. The van der Waals surface area contributed by atoms with E-state index in [0.717, 1.165) is 50.2 Å². The quantitative estimate of drug-likeness (QED) is 0.791. The summed E-state index contributed by atoms with van der Waals surface area (Å²) in [5.74, 6) is 2.83. The molecule has 0 bridgehead atoms. The molecule has 0 aromatic carbocycles. The van der Waals surface area contributed by atoms with E-state index < -0.39 is 0 Å². The molecular formula is C19H30N6O. The second-order valence-corrected chi connectivity index (χ2v) is 7.90. The van der Waals surface area contributed by atoms with Crippen LogP contribution in [0.4, 0.5) is 0 Å². The van der Waals surface area contributed by atoms with Crippen LogP contribution in [-0.4, -0.2) is 48.6 Å². The number of ether oxygens (including phenoxy) is 1. The van der Waals surface area contributed by atoms with Crippen LogP contribution >= 0.6 is 0 Å². The van der Waals surface area contributed by atoms with Gasteiger partial charge in [0, 0.05) is 57.0 Å². The Kier molecular flexibility index (Phi) is 5.09. The number of hydrogen-bond donors (Lipinski definition) is 0. The van der Waals surface area contributed by atoms with Crippen molar-refractivity contribution >= 4 is 0 Å². The maximum absolute atomic E-state index is 5.91. The summed E-state index contributed by atoms with van der Waals surface area (Å²) in [6, 6.07) is 0.434. The van der Waals surface area contributed by atoms with Crippen molar-refractivity contribution in [1.29, 1.82) is 0 Å². The molecular weight excluding hydrogens is 328 g/mol. The molecule has 7 heteroatoms. The summed E-state index contributed by atoms with van der Waals surface area (Å²) in [6.45, 7) is 8.72. The zero-order chi connectivity index (χ0) is 18.1. The van der Waals surface area contributed by atoms with E-state index >= 15 is 0 Å². The van der Waals surface area contributed by atoms with Gasteiger partial charge in [0.2, 0.25) is 0 Å². The van der Waals surface area contributed by atoms with E-state index in [0.29, 0.717) is 12.6 Å². The molecule has 2 aromatic heterocycles. The van der Waals surface area contributed by atoms with Crippen LogP contribution in [-0.2, 0) is 37.9 Å². The van der Waals surface area contributed by atoms with Crippen molar-refractivity contribution < 1.29 is 4.74 Å². The Morgan fingerprint density at radius 1 is 1.23 bits per heavy atom. The van der Waals surface area contributed by atoms with Crippen molar-refractivity contribution in [3.63, 3.8) is 0 Å². The number of nitrogens with zero attached hydrogens (tertiary/aromatic N) is 6. The minimum absolute atomic E-state index is 0.434. The van der Waals surface area contributed by atoms with Crippen LogP contribution in [0.3, 0.4) is 0 Å². The van der Waals surface area contributed by atoms with Crippen LogP contribution in [0.5, 0.6) is 0 Å². The van der Waals surface area contributed by atoms with Crippen molar-refractivity contribution in [2.24, 2.45) is 13.0 Å². The zero-order valence-electron chi connectivity index (χ0n) is 16.2. The Bertz CT molecular complexity index is 747. The van der Waals surface area contributed by atoms with Gasteiger partial charge in [-0.05, 0) is 32.6 Å². The van der Waals surface area contributed by atoms with Crippen LogP contribution < -0.4 is 0 Å². The summed E-state index contributed by atoms with van der Waals surface area (Å²) in [4.78, 5) is 2.53. The van der Waals surface area contributed by atoms with Gasteiger partial charge in [0.25, 0.3) is 0 Å². The first-order valence-corrected chi connectivity index (χ1v) is 9.82. The Balaban J connectivity index is 1.39. The average molecular weight is 358 g/mol. The molecule has 2 aliphatic rings. The standard InChI is InChI=1S/C19H30N6O/c1-14-9-18-21-22-19(13-26-12-16-5-4-6-16)25(18)8-7-24(14)11-17-10-20-23(3)15(17)2/h10,14,16H,4-9,11-13H2,1-3H3/t14-/m1/s1. The molecule has 142 valence electrons. The van der Waals surface area contributed by atoms with E-state index in [4.69, 9.17) is 4.74 Å². The summed E-state index contributed by atoms with van der Waals surface area (Å²) in [6.07, 6.45) is 6.91. The summed E-state index contributed by atoms with van der Waals surface area (Å²) in [7, 11) is 2.00. The summed E-state index contributed by atoms with van der Waals surface area (Å²) >= 11 is 0. The molecule has 0 unspecified atom stereocenters. The third kappa shape index (κ3) is 3.55. The summed E-state index contributed by atoms with van der Waals surface area (Å²) < 4.78 is 10.1. The number of hydrogen-bond acceptors (Lipinski definition) is 5. The molecule has 0 N–H and O–H groups in total. The van der Waals surface area contributed by atoms with Gasteiger partial charge < -0.3 is 9.30 Å². The highest BCUT2D eigenvalue weighted by molar-refractivity contribution is 5.16. The van der Waals surface area contributed by atoms with Crippen molar-refractivity contribution in [3.05, 3.63) is 29.1 Å². The molecule has 1 aliphatic heterocycles. The van der Waals surface area contributed by atoms with Gasteiger partial charge in [-0.1, -0.05) is 6.42 Å². The van der Waals surface area contributed by atoms with Gasteiger partial charge >= 0.3 is 0 Å². The Labute approximate surface area is 155 Å². The second kappa shape index (κ2) is 7.48. The van der Waals surface area contributed by atoms with Crippen LogP contribution in [0.25, 0.3) is 0 Å². The fourth-order valence-corrected chi connectivity index (χ4v) is 3.86. The molecule has 1 saturated carbocycles. The van der Waals surface area contributed by atoms with Gasteiger partial charge in [-0.15, -0.1) is 10.2 Å². The summed E-state index contributed by atoms with van der Waals surface area (Å²) in [5.41, 5.74) is 2.55. The lowest BCUT2D eigenvalue weighted by Crippen LogP contribution is -2.34. The third-order valence-electron chi connectivity index (χ3n) is 6.14. The summed E-state index contributed by atoms with van der Waals surface area (Å²) in [5, 5.41) is 13.2. The van der Waals surface area contributed by atoms with Gasteiger partial charge in [-0.3, -0.25) is 9.58 Å². The highest BCUT2D eigenvalue weighted by Gasteiger charge is 2.25. The SMILES string of the molecule is Cc1c(CN2CCn3c(COCC4CCC4)nnc3C[C@H]2C)cnn1C. The van der Waals surface area contributed by atoms with Crippen LogP contribution in [0.15, 0.2) is 6.20 Å². The first-order chi connectivity index (χ1) is 12.6. The Morgan fingerprint density at radius 3 is 2.77 bits per heavy atom. The molecule has 26 heavy (non-hydrogen) atoms. The minimum Gasteiger partial charge on any atom is -0.373 e. The predicted molar refractivity (Wildman–Crippen MR) is 98.5 cm³/mol. The van der Waals surface area contributed by atoms with Crippen LogP contribution in [0, 0.1) is 12.8 Å². The molecule has 3 heterocycles. The van der Waals surface area contributed by atoms with E-state index in [-0.39, 0.29) is 0 Å². The van der Waals surface area contributed by atoms with Crippen LogP contribution in [0.2, 0.25) is 0 Å². The molecule has 0 radical (unpaired) electrons. The monoisotopic (exact) mass is 358 g/mol. The van der Waals surface area contributed by atoms with E-state index in [1.165, 1.54) is 30.5 Å². The Hall–Kier alpha value is -1.73. The molecule has 0 amide bonds. The predicted octanol–water partition coefficient (Wildman–Crippen LogP) is 2.08. The van der Waals surface area contributed by atoms with E-state index in [1.54, 1.807) is 0 Å². The first-order valence-electron chi connectivity index (χ1n) is 9.82. The number of fused-ring (bicyclic) bond motifs is 1. The van der Waals surface area contributed by atoms with Crippen molar-refractivity contribution in [2.75, 3.05) is 13.2 Å². The molecule has 0 saturated heterocycles. The Morgan fingerprint density at radius 2 is 2.08 bits per heavy atom. The van der Waals surface area contributed by atoms with Gasteiger partial charge in [-0.25, -0.2) is 0 Å². The average Bonchev–Trinajstić information content (AvgIpc) is 3.06. The smallest absolute Gasteiger partial charge is 0.159 e. The lowest BCUT2D eigenvalue weighted by atomic mass is 9.86. The van der Waals surface area contributed by atoms with Crippen molar-refractivity contribution in [2.45, 2.75) is 65.3 Å². The highest BCUT2D eigenvalue weighted by atomic mass is 16.5. The van der Waals surface area contributed by atoms with Gasteiger partial charge in [0.05, 0.1) is 6.20 Å². The van der Waals surface area contributed by atoms with Crippen molar-refractivity contribution in [1.82, 2.24) is 29.4 Å². The molecule has 1 aliphatic carbocycles. The topological polar surface area (TPSA) is 61.0 Å². The van der Waals surface area contributed by atoms with E-state index in [2.05, 4.69) is 38.6 Å². The first kappa shape index (κ1) is 17.7. The number of aryl methyl sites for hydroxylation is 1. The lowest BCUT2D eigenvalue weighted by Gasteiger charge is -2.26. The van der Waals surface area contributed by atoms with E-state index in [9.17, 15) is 0 Å². The third-order valence-corrected chi connectivity index (χ3v) is 6.14. The molecule has 1 atom stereocenters. The van der Waals surface area contributed by atoms with E-state index in [1.807, 2.05) is 17.9 Å². The minimum atomic E-state index is 0.434. The fraction of sp³-hybridized carbons (Fsp3) is 0.737. The number of rotatable bonds is 6. The number of aromatic nitrogens is 5. The van der Waals surface area contributed by atoms with Crippen molar-refractivity contribution in [3.8, 4) is 0 Å². The molecule has 2 aromatic rings. The zero-order valence-corrected chi connectivity index (χ0v) is 16.2. The van der Waals surface area contributed by atoms with Gasteiger partial charge in [0.15, 0.2) is 5.82 Å². The van der Waals surface area contributed by atoms with Gasteiger partial charge in [0.1, 0.15) is 12.4 Å². The molecule has 1 fully saturated rings. The highest BCUT2D eigenvalue weighted by Crippen LogP contribution is 2.26.